The smallest absolute Gasteiger partial charge is 0.146 e. The van der Waals surface area contributed by atoms with Crippen molar-refractivity contribution in [2.45, 2.75) is 13.1 Å². The molecule has 7 heteroatoms. The number of hydrogen-bond donors (Lipinski definition) is 1. The van der Waals surface area contributed by atoms with Gasteiger partial charge in [0.2, 0.25) is 0 Å². The number of carbonyl (C=O) groups is 1. The summed E-state index contributed by atoms with van der Waals surface area (Å²) in [7, 11) is 0. The van der Waals surface area contributed by atoms with Gasteiger partial charge in [-0.25, -0.2) is 0 Å². The summed E-state index contributed by atoms with van der Waals surface area (Å²) in [4.78, 5) is 16.2. The number of nitrogens with zero attached hydrogens (tertiary/aromatic N) is 3. The molecule has 2 radical (unpaired) electrons. The summed E-state index contributed by atoms with van der Waals surface area (Å²) in [6.07, 6.45) is 5.60. The second kappa shape index (κ2) is 15.2. The van der Waals surface area contributed by atoms with Gasteiger partial charge >= 0.3 is 0 Å². The average molecular weight is 893 g/mol. The molecule has 41 heavy (non-hydrogen) atoms. The number of pyridine rings is 1. The molecule has 0 saturated carbocycles. The molecule has 0 saturated heterocycles. The van der Waals surface area contributed by atoms with E-state index in [9.17, 15) is 4.79 Å². The summed E-state index contributed by atoms with van der Waals surface area (Å²) in [6.45, 7) is 1.44. The molecular formula is C34H26Ir2N3O2-3. The number of allylic oxidation sites excluding steroid dienone is 2. The molecule has 7 rings (SSSR count). The van der Waals surface area contributed by atoms with Crippen molar-refractivity contribution >= 4 is 22.9 Å². The van der Waals surface area contributed by atoms with Crippen LogP contribution in [0, 0.1) is 12.1 Å². The summed E-state index contributed by atoms with van der Waals surface area (Å²) >= 11 is 0. The van der Waals surface area contributed by atoms with Gasteiger partial charge in [-0.1, -0.05) is 54.1 Å². The standard InChI is InChI=1S/C15H10N2.C15H10N.C4H6O2.2Ir/c1-2-7-13-11(5-1)12-6-3-4-8-14(12)17-10-9-16-15(13)17;1-2-6-12(7-3-1)15-11-10-13-8-4-5-9-14(13)16-15;1-4(6)2-3-5;;/h1-6,8-10,15H;1-6,8-11H;2-3,6H,1H3;;/q-2;-1;;;. The average Bonchev–Trinajstić information content (AvgIpc) is 3.49. The van der Waals surface area contributed by atoms with Crippen LogP contribution in [0.1, 0.15) is 18.7 Å². The molecule has 4 aromatic carbocycles. The predicted octanol–water partition coefficient (Wildman–Crippen LogP) is 8.17. The van der Waals surface area contributed by atoms with Crippen LogP contribution in [0.25, 0.3) is 38.6 Å². The molecule has 5 aromatic rings. The number of rotatable bonds is 2. The van der Waals surface area contributed by atoms with E-state index >= 15 is 0 Å². The van der Waals surface area contributed by atoms with Crippen LogP contribution in [0.15, 0.2) is 127 Å². The number of carbonyl (C=O) groups excluding carboxylic acids is 1. The van der Waals surface area contributed by atoms with E-state index in [1.165, 1.54) is 29.1 Å². The zero-order chi connectivity index (χ0) is 27.0. The normalized spacial score (nSPS) is 13.7. The molecule has 1 atom stereocenters. The molecule has 1 N–H and O–H groups in total. The fourth-order valence-corrected chi connectivity index (χ4v) is 4.46. The van der Waals surface area contributed by atoms with Gasteiger partial charge in [-0.05, 0) is 42.5 Å². The van der Waals surface area contributed by atoms with Crippen molar-refractivity contribution in [3.8, 4) is 22.4 Å². The Morgan fingerprint density at radius 2 is 1.61 bits per heavy atom. The van der Waals surface area contributed by atoms with Gasteiger partial charge in [-0.2, -0.15) is 30.5 Å². The zero-order valence-electron chi connectivity index (χ0n) is 22.1. The van der Waals surface area contributed by atoms with Gasteiger partial charge in [0.15, 0.2) is 0 Å². The Balaban J connectivity index is 0.000000182. The van der Waals surface area contributed by atoms with E-state index in [0.717, 1.165) is 28.4 Å². The van der Waals surface area contributed by atoms with Crippen LogP contribution in [0.2, 0.25) is 0 Å². The molecule has 0 amide bonds. The number of aliphatic hydroxyl groups is 1. The van der Waals surface area contributed by atoms with E-state index in [4.69, 9.17) is 5.11 Å². The molecule has 1 aromatic heterocycles. The molecule has 210 valence electrons. The Labute approximate surface area is 267 Å². The number of hydrogen-bond acceptors (Lipinski definition) is 4. The molecule has 0 aliphatic carbocycles. The van der Waals surface area contributed by atoms with E-state index in [1.807, 2.05) is 73.1 Å². The Kier molecular flexibility index (Phi) is 11.8. The zero-order valence-corrected chi connectivity index (χ0v) is 26.9. The summed E-state index contributed by atoms with van der Waals surface area (Å²) < 4.78 is 0. The van der Waals surface area contributed by atoms with Crippen molar-refractivity contribution in [2.75, 3.05) is 4.90 Å². The summed E-state index contributed by atoms with van der Waals surface area (Å²) in [5.41, 5.74) is 7.93. The van der Waals surface area contributed by atoms with Gasteiger partial charge in [0, 0.05) is 52.0 Å². The second-order valence-electron chi connectivity index (χ2n) is 8.85. The first kappa shape index (κ1) is 31.7. The van der Waals surface area contributed by atoms with Crippen molar-refractivity contribution in [3.63, 3.8) is 0 Å². The molecule has 0 fully saturated rings. The first-order valence-electron chi connectivity index (χ1n) is 12.5. The molecule has 3 heterocycles. The molecule has 0 spiro atoms. The van der Waals surface area contributed by atoms with E-state index in [-0.39, 0.29) is 52.1 Å². The molecular weight excluding hydrogens is 867 g/mol. The number of anilines is 1. The van der Waals surface area contributed by atoms with Gasteiger partial charge in [0.1, 0.15) is 6.29 Å². The van der Waals surface area contributed by atoms with Crippen LogP contribution in [-0.2, 0) is 45.0 Å². The number of benzene rings is 4. The maximum Gasteiger partial charge on any atom is 0.146 e. The first-order valence-corrected chi connectivity index (χ1v) is 12.5. The largest absolute Gasteiger partial charge is 0.668 e. The van der Waals surface area contributed by atoms with Gasteiger partial charge in [0.05, 0.1) is 11.3 Å². The van der Waals surface area contributed by atoms with E-state index < -0.39 is 0 Å². The van der Waals surface area contributed by atoms with Crippen LogP contribution < -0.4 is 4.90 Å². The maximum atomic E-state index is 9.38. The van der Waals surface area contributed by atoms with Crippen LogP contribution >= 0.6 is 0 Å². The minimum Gasteiger partial charge on any atom is -0.668 e. The van der Waals surface area contributed by atoms with E-state index in [0.29, 0.717) is 6.29 Å². The van der Waals surface area contributed by atoms with Gasteiger partial charge in [-0.3, -0.25) is 9.78 Å². The number of aldehydes is 1. The van der Waals surface area contributed by atoms with Crippen molar-refractivity contribution in [1.82, 2.24) is 4.98 Å². The van der Waals surface area contributed by atoms with E-state index in [1.54, 1.807) is 0 Å². The van der Waals surface area contributed by atoms with Gasteiger partial charge < -0.3 is 15.3 Å². The number of aromatic nitrogens is 1. The first-order chi connectivity index (χ1) is 19.2. The predicted molar refractivity (Wildman–Crippen MR) is 157 cm³/mol. The monoisotopic (exact) mass is 894 g/mol. The Morgan fingerprint density at radius 3 is 2.37 bits per heavy atom. The second-order valence-corrected chi connectivity index (χ2v) is 8.85. The Bertz CT molecular complexity index is 1650. The van der Waals surface area contributed by atoms with Crippen molar-refractivity contribution in [1.29, 1.82) is 0 Å². The minimum absolute atomic E-state index is 0. The third-order valence-corrected chi connectivity index (χ3v) is 6.23. The van der Waals surface area contributed by atoms with Crippen molar-refractivity contribution in [3.05, 3.63) is 150 Å². The quantitative estimate of drug-likeness (QED) is 0.0842. The molecule has 0 bridgehead atoms. The Morgan fingerprint density at radius 1 is 0.878 bits per heavy atom. The maximum absolute atomic E-state index is 9.38. The van der Waals surface area contributed by atoms with Crippen LogP contribution in [0.4, 0.5) is 5.69 Å². The van der Waals surface area contributed by atoms with E-state index in [2.05, 4.69) is 69.8 Å². The summed E-state index contributed by atoms with van der Waals surface area (Å²) in [5, 5.41) is 13.9. The SMILES string of the molecule is CC(O)=CC=O.[Ir].[Ir].[c-]1cccc2c1C1[N-]C=CN1c1ccccc1-2.[c-]1ccccc1-c1ccc2ccccc2n1. The van der Waals surface area contributed by atoms with Crippen molar-refractivity contribution < 1.29 is 50.1 Å². The molecule has 2 aliphatic rings. The van der Waals surface area contributed by atoms with Crippen LogP contribution in [0.3, 0.4) is 0 Å². The molecule has 1 unspecified atom stereocenters. The molecule has 2 aliphatic heterocycles. The third-order valence-electron chi connectivity index (χ3n) is 6.23. The molecule has 5 nitrogen and oxygen atoms in total. The number of aliphatic hydroxyl groups excluding tert-OH is 1. The third kappa shape index (κ3) is 7.46. The minimum atomic E-state index is 0. The summed E-state index contributed by atoms with van der Waals surface area (Å²) in [5.74, 6) is 0.0463. The topological polar surface area (TPSA) is 67.5 Å². The van der Waals surface area contributed by atoms with Crippen LogP contribution in [0.5, 0.6) is 0 Å². The van der Waals surface area contributed by atoms with Gasteiger partial charge in [-0.15, -0.1) is 47.0 Å². The summed E-state index contributed by atoms with van der Waals surface area (Å²) in [6, 6.07) is 41.3. The van der Waals surface area contributed by atoms with Crippen LogP contribution in [-0.4, -0.2) is 16.4 Å². The number of fused-ring (bicyclic) bond motifs is 7. The van der Waals surface area contributed by atoms with Crippen molar-refractivity contribution in [2.24, 2.45) is 0 Å². The fourth-order valence-electron chi connectivity index (χ4n) is 4.46. The Hall–Kier alpha value is -3.86. The fraction of sp³-hybridized carbons (Fsp3) is 0.0588. The number of para-hydroxylation sites is 2. The van der Waals surface area contributed by atoms with Gasteiger partial charge in [0.25, 0.3) is 0 Å².